The second-order valence-electron chi connectivity index (χ2n) is 8.98. The number of thiazole rings is 1. The maximum atomic E-state index is 12.5. The van der Waals surface area contributed by atoms with Crippen molar-refractivity contribution in [3.8, 4) is 0 Å². The van der Waals surface area contributed by atoms with Gasteiger partial charge in [-0.3, -0.25) is 14.7 Å². The number of aromatic nitrogens is 1. The van der Waals surface area contributed by atoms with Crippen LogP contribution in [0.15, 0.2) is 10.4 Å². The fourth-order valence-corrected chi connectivity index (χ4v) is 4.74. The molecular formula is C21H37IN6OS. The smallest absolute Gasteiger partial charge is 0.236 e. The molecule has 0 bridgehead atoms. The topological polar surface area (TPSA) is 64.1 Å². The lowest BCUT2D eigenvalue weighted by molar-refractivity contribution is -0.133. The Labute approximate surface area is 202 Å². The number of hydrogen-bond acceptors (Lipinski definition) is 5. The van der Waals surface area contributed by atoms with Crippen molar-refractivity contribution in [2.24, 2.45) is 4.99 Å². The minimum Gasteiger partial charge on any atom is -0.350 e. The molecular weight excluding hydrogens is 511 g/mol. The SMILES string of the molecule is CN=C(NCc1nc(C(C)(C)C)cs1)N1CCN(CC(=O)N2CCCCC2)CC1.I. The number of halogens is 1. The van der Waals surface area contributed by atoms with Gasteiger partial charge < -0.3 is 15.1 Å². The van der Waals surface area contributed by atoms with E-state index in [0.29, 0.717) is 19.0 Å². The Morgan fingerprint density at radius 3 is 2.33 bits per heavy atom. The van der Waals surface area contributed by atoms with E-state index in [-0.39, 0.29) is 29.4 Å². The van der Waals surface area contributed by atoms with Crippen LogP contribution >= 0.6 is 35.3 Å². The van der Waals surface area contributed by atoms with Gasteiger partial charge in [0, 0.05) is 57.1 Å². The molecule has 3 heterocycles. The van der Waals surface area contributed by atoms with Crippen molar-refractivity contribution < 1.29 is 4.79 Å². The summed E-state index contributed by atoms with van der Waals surface area (Å²) in [6, 6.07) is 0. The van der Waals surface area contributed by atoms with Crippen LogP contribution in [0.25, 0.3) is 0 Å². The van der Waals surface area contributed by atoms with Gasteiger partial charge in [0.25, 0.3) is 0 Å². The fourth-order valence-electron chi connectivity index (χ4n) is 3.78. The summed E-state index contributed by atoms with van der Waals surface area (Å²) in [7, 11) is 1.83. The van der Waals surface area contributed by atoms with E-state index in [0.717, 1.165) is 68.8 Å². The third kappa shape index (κ3) is 7.05. The normalized spacial score (nSPS) is 18.9. The average molecular weight is 549 g/mol. The molecule has 30 heavy (non-hydrogen) atoms. The molecule has 9 heteroatoms. The first kappa shape index (κ1) is 25.3. The number of guanidine groups is 1. The molecule has 0 unspecified atom stereocenters. The number of carbonyl (C=O) groups is 1. The monoisotopic (exact) mass is 548 g/mol. The lowest BCUT2D eigenvalue weighted by Gasteiger charge is -2.37. The van der Waals surface area contributed by atoms with Crippen LogP contribution in [0, 0.1) is 0 Å². The zero-order valence-electron chi connectivity index (χ0n) is 18.8. The number of amides is 1. The molecule has 0 aromatic carbocycles. The summed E-state index contributed by atoms with van der Waals surface area (Å²) in [5.74, 6) is 1.21. The number of likely N-dealkylation sites (tertiary alicyclic amines) is 1. The van der Waals surface area contributed by atoms with Gasteiger partial charge in [-0.15, -0.1) is 35.3 Å². The Morgan fingerprint density at radius 2 is 1.77 bits per heavy atom. The Balaban J connectivity index is 0.00000320. The molecule has 1 N–H and O–H groups in total. The summed E-state index contributed by atoms with van der Waals surface area (Å²) in [5.41, 5.74) is 1.22. The van der Waals surface area contributed by atoms with Gasteiger partial charge in [-0.25, -0.2) is 4.98 Å². The standard InChI is InChI=1S/C21H36N6OS.HI/c1-21(2,3)17-16-29-18(24-17)14-23-20(22-4)27-12-10-25(11-13-27)15-19(28)26-8-6-5-7-9-26;/h16H,5-15H2,1-4H3,(H,22,23);1H. The number of carbonyl (C=O) groups excluding carboxylic acids is 1. The van der Waals surface area contributed by atoms with Gasteiger partial charge in [0.2, 0.25) is 5.91 Å². The highest BCUT2D eigenvalue weighted by molar-refractivity contribution is 14.0. The van der Waals surface area contributed by atoms with Gasteiger partial charge in [0.1, 0.15) is 5.01 Å². The fraction of sp³-hybridized carbons (Fsp3) is 0.762. The predicted molar refractivity (Wildman–Crippen MR) is 135 cm³/mol. The Bertz CT molecular complexity index is 703. The average Bonchev–Trinajstić information content (AvgIpc) is 3.20. The van der Waals surface area contributed by atoms with Gasteiger partial charge in [0.15, 0.2) is 5.96 Å². The van der Waals surface area contributed by atoms with Crippen LogP contribution in [0.3, 0.4) is 0 Å². The molecule has 0 saturated carbocycles. The van der Waals surface area contributed by atoms with Crippen LogP contribution in [-0.4, -0.2) is 84.4 Å². The van der Waals surface area contributed by atoms with E-state index in [2.05, 4.69) is 46.3 Å². The molecule has 1 amide bonds. The molecule has 2 fully saturated rings. The van der Waals surface area contributed by atoms with Gasteiger partial charge in [-0.2, -0.15) is 0 Å². The molecule has 7 nitrogen and oxygen atoms in total. The van der Waals surface area contributed by atoms with E-state index >= 15 is 0 Å². The summed E-state index contributed by atoms with van der Waals surface area (Å²) in [5, 5.41) is 6.69. The van der Waals surface area contributed by atoms with Crippen molar-refractivity contribution >= 4 is 47.2 Å². The number of nitrogens with zero attached hydrogens (tertiary/aromatic N) is 5. The second kappa shape index (κ2) is 11.6. The molecule has 2 saturated heterocycles. The maximum Gasteiger partial charge on any atom is 0.236 e. The van der Waals surface area contributed by atoms with Crippen LogP contribution in [0.2, 0.25) is 0 Å². The molecule has 170 valence electrons. The van der Waals surface area contributed by atoms with E-state index in [1.165, 1.54) is 6.42 Å². The van der Waals surface area contributed by atoms with Crippen LogP contribution < -0.4 is 5.32 Å². The highest BCUT2D eigenvalue weighted by atomic mass is 127. The van der Waals surface area contributed by atoms with Gasteiger partial charge >= 0.3 is 0 Å². The molecule has 2 aliphatic heterocycles. The minimum atomic E-state index is 0. The van der Waals surface area contributed by atoms with Crippen LogP contribution in [0.4, 0.5) is 0 Å². The highest BCUT2D eigenvalue weighted by Crippen LogP contribution is 2.23. The molecule has 2 aliphatic rings. The van der Waals surface area contributed by atoms with E-state index in [1.807, 2.05) is 11.9 Å². The van der Waals surface area contributed by atoms with E-state index in [1.54, 1.807) is 11.3 Å². The summed E-state index contributed by atoms with van der Waals surface area (Å²) >= 11 is 1.70. The molecule has 1 aromatic heterocycles. The largest absolute Gasteiger partial charge is 0.350 e. The zero-order valence-corrected chi connectivity index (χ0v) is 22.0. The van der Waals surface area contributed by atoms with Gasteiger partial charge in [-0.1, -0.05) is 20.8 Å². The zero-order chi connectivity index (χ0) is 20.9. The number of piperidine rings is 1. The first-order valence-corrected chi connectivity index (χ1v) is 11.7. The van der Waals surface area contributed by atoms with Crippen LogP contribution in [0.1, 0.15) is 50.7 Å². The lowest BCUT2D eigenvalue weighted by atomic mass is 9.93. The van der Waals surface area contributed by atoms with Crippen molar-refractivity contribution in [1.82, 2.24) is 25.0 Å². The van der Waals surface area contributed by atoms with Crippen molar-refractivity contribution in [3.05, 3.63) is 16.1 Å². The maximum absolute atomic E-state index is 12.5. The molecule has 0 radical (unpaired) electrons. The third-order valence-electron chi connectivity index (χ3n) is 5.67. The molecule has 0 spiro atoms. The summed E-state index contributed by atoms with van der Waals surface area (Å²) in [6.45, 7) is 13.2. The van der Waals surface area contributed by atoms with Gasteiger partial charge in [0.05, 0.1) is 18.8 Å². The molecule has 0 atom stereocenters. The number of nitrogens with one attached hydrogen (secondary N) is 1. The Hall–Kier alpha value is -0.940. The van der Waals surface area contributed by atoms with Gasteiger partial charge in [-0.05, 0) is 19.3 Å². The van der Waals surface area contributed by atoms with Crippen LogP contribution in [-0.2, 0) is 16.8 Å². The van der Waals surface area contributed by atoms with E-state index in [9.17, 15) is 4.79 Å². The first-order chi connectivity index (χ1) is 13.9. The third-order valence-corrected chi connectivity index (χ3v) is 6.52. The number of rotatable bonds is 4. The minimum absolute atomic E-state index is 0. The number of aliphatic imine (C=N–C) groups is 1. The van der Waals surface area contributed by atoms with Crippen LogP contribution in [0.5, 0.6) is 0 Å². The van der Waals surface area contributed by atoms with E-state index < -0.39 is 0 Å². The van der Waals surface area contributed by atoms with E-state index in [4.69, 9.17) is 4.98 Å². The summed E-state index contributed by atoms with van der Waals surface area (Å²) < 4.78 is 0. The van der Waals surface area contributed by atoms with Crippen molar-refractivity contribution in [2.45, 2.75) is 52.0 Å². The number of hydrogen-bond donors (Lipinski definition) is 1. The predicted octanol–water partition coefficient (Wildman–Crippen LogP) is 2.76. The summed E-state index contributed by atoms with van der Waals surface area (Å²) in [4.78, 5) is 28.3. The lowest BCUT2D eigenvalue weighted by Crippen LogP contribution is -2.54. The number of piperazine rings is 1. The van der Waals surface area contributed by atoms with Crippen molar-refractivity contribution in [3.63, 3.8) is 0 Å². The quantitative estimate of drug-likeness (QED) is 0.356. The first-order valence-electron chi connectivity index (χ1n) is 10.8. The molecule has 0 aliphatic carbocycles. The highest BCUT2D eigenvalue weighted by Gasteiger charge is 2.24. The molecule has 3 rings (SSSR count). The van der Waals surface area contributed by atoms with Crippen molar-refractivity contribution in [2.75, 3.05) is 52.9 Å². The second-order valence-corrected chi connectivity index (χ2v) is 9.92. The summed E-state index contributed by atoms with van der Waals surface area (Å²) in [6.07, 6.45) is 3.56. The van der Waals surface area contributed by atoms with Crippen molar-refractivity contribution in [1.29, 1.82) is 0 Å². The molecule has 1 aromatic rings. The Kier molecular flexibility index (Phi) is 9.80. The Morgan fingerprint density at radius 1 is 1.10 bits per heavy atom.